The fourth-order valence-electron chi connectivity index (χ4n) is 11.0. The van der Waals surface area contributed by atoms with Crippen molar-refractivity contribution >= 4 is 71.1 Å². The Labute approximate surface area is 369 Å². The summed E-state index contributed by atoms with van der Waals surface area (Å²) in [6, 6.07) is 73.1. The monoisotopic (exact) mass is 816 g/mol. The predicted molar refractivity (Wildman–Crippen MR) is 267 cm³/mol. The Morgan fingerprint density at radius 2 is 0.875 bits per heavy atom. The molecule has 4 heteroatoms. The smallest absolute Gasteiger partial charge is 0.0737 e. The maximum atomic E-state index is 5.76. The number of rotatable bonds is 6. The summed E-state index contributed by atoms with van der Waals surface area (Å²) in [6.45, 7) is 0. The highest BCUT2D eigenvalue weighted by molar-refractivity contribution is 6.16. The fourth-order valence-corrected chi connectivity index (χ4v) is 11.0. The van der Waals surface area contributed by atoms with Crippen LogP contribution in [0.1, 0.15) is 6.42 Å². The molecule has 2 aliphatic rings. The molecule has 0 spiro atoms. The van der Waals surface area contributed by atoms with Gasteiger partial charge in [-0.25, -0.2) is 4.98 Å². The van der Waals surface area contributed by atoms with E-state index in [0.29, 0.717) is 11.8 Å². The molecule has 2 atom stereocenters. The molecule has 0 radical (unpaired) electrons. The van der Waals surface area contributed by atoms with E-state index >= 15 is 0 Å². The van der Waals surface area contributed by atoms with Crippen LogP contribution in [-0.2, 0) is 0 Å². The largest absolute Gasteiger partial charge is 0.313 e. The molecule has 300 valence electrons. The number of hydrogen-bond acceptors (Lipinski definition) is 1. The number of fused-ring (bicyclic) bond motifs is 10. The van der Waals surface area contributed by atoms with Crippen molar-refractivity contribution in [3.05, 3.63) is 218 Å². The molecule has 4 aromatic heterocycles. The molecule has 0 bridgehead atoms. The zero-order valence-corrected chi connectivity index (χ0v) is 34.9. The van der Waals surface area contributed by atoms with Crippen molar-refractivity contribution in [2.24, 2.45) is 11.8 Å². The van der Waals surface area contributed by atoms with Gasteiger partial charge in [-0.1, -0.05) is 146 Å². The molecule has 14 rings (SSSR count). The highest BCUT2D eigenvalue weighted by atomic mass is 15.0. The normalized spacial score (nSPS) is 15.8. The molecule has 4 nitrogen and oxygen atoms in total. The number of para-hydroxylation sites is 7. The summed E-state index contributed by atoms with van der Waals surface area (Å²) < 4.78 is 7.36. The second-order valence-corrected chi connectivity index (χ2v) is 17.5. The summed E-state index contributed by atoms with van der Waals surface area (Å²) in [5.74, 6) is 1.23. The van der Waals surface area contributed by atoms with E-state index < -0.39 is 0 Å². The van der Waals surface area contributed by atoms with Crippen molar-refractivity contribution in [3.8, 4) is 45.0 Å². The van der Waals surface area contributed by atoms with E-state index in [0.717, 1.165) is 56.0 Å². The molecule has 0 amide bonds. The lowest BCUT2D eigenvalue weighted by Gasteiger charge is -2.16. The lowest BCUT2D eigenvalue weighted by atomic mass is 9.97. The number of benzene rings is 8. The Kier molecular flexibility index (Phi) is 7.55. The first kappa shape index (κ1) is 35.4. The van der Waals surface area contributed by atoms with E-state index in [1.54, 1.807) is 0 Å². The van der Waals surface area contributed by atoms with Crippen molar-refractivity contribution in [2.45, 2.75) is 6.42 Å². The van der Waals surface area contributed by atoms with Gasteiger partial charge in [0.15, 0.2) is 0 Å². The summed E-state index contributed by atoms with van der Waals surface area (Å²) in [6.07, 6.45) is 8.19. The summed E-state index contributed by atoms with van der Waals surface area (Å²) in [5.41, 5.74) is 17.1. The molecule has 2 aliphatic carbocycles. The van der Waals surface area contributed by atoms with Crippen LogP contribution in [-0.4, -0.2) is 18.7 Å². The lowest BCUT2D eigenvalue weighted by Crippen LogP contribution is -2.01. The van der Waals surface area contributed by atoms with Gasteiger partial charge in [-0.15, -0.1) is 0 Å². The topological polar surface area (TPSA) is 27.7 Å². The highest BCUT2D eigenvalue weighted by Gasteiger charge is 2.40. The minimum Gasteiger partial charge on any atom is -0.313 e. The summed E-state index contributed by atoms with van der Waals surface area (Å²) >= 11 is 0. The SMILES string of the molecule is C1=CC2CC2C(n2c3ccccc3c3cc(-c4cc(-c5cccc6c7ccccc7n(-c7ccccc7)c56)nc(-c5cccc6c7ccccc7n(-c7ccccc7)c56)c4)ccc32)=C1. The zero-order valence-electron chi connectivity index (χ0n) is 34.9. The van der Waals surface area contributed by atoms with Crippen molar-refractivity contribution in [1.82, 2.24) is 18.7 Å². The molecule has 0 N–H and O–H groups in total. The van der Waals surface area contributed by atoms with Gasteiger partial charge in [0, 0.05) is 66.4 Å². The van der Waals surface area contributed by atoms with Gasteiger partial charge in [-0.3, -0.25) is 0 Å². The van der Waals surface area contributed by atoms with E-state index in [1.165, 1.54) is 66.5 Å². The number of allylic oxidation sites excluding steroid dienone is 4. The third-order valence-corrected chi connectivity index (χ3v) is 13.9. The molecule has 8 aromatic carbocycles. The molecule has 0 aliphatic heterocycles. The average molecular weight is 817 g/mol. The maximum Gasteiger partial charge on any atom is 0.0737 e. The lowest BCUT2D eigenvalue weighted by molar-refractivity contribution is 0.935. The van der Waals surface area contributed by atoms with Crippen LogP contribution in [0.2, 0.25) is 0 Å². The van der Waals surface area contributed by atoms with Crippen molar-refractivity contribution in [2.75, 3.05) is 0 Å². The van der Waals surface area contributed by atoms with Crippen LogP contribution in [0, 0.1) is 11.8 Å². The van der Waals surface area contributed by atoms with Crippen LogP contribution in [0.3, 0.4) is 0 Å². The maximum absolute atomic E-state index is 5.76. The molecule has 2 unspecified atom stereocenters. The van der Waals surface area contributed by atoms with Crippen LogP contribution in [0.4, 0.5) is 0 Å². The average Bonchev–Trinajstić information content (AvgIpc) is 3.85. The van der Waals surface area contributed by atoms with Gasteiger partial charge >= 0.3 is 0 Å². The Morgan fingerprint density at radius 3 is 1.45 bits per heavy atom. The van der Waals surface area contributed by atoms with Gasteiger partial charge in [0.1, 0.15) is 0 Å². The first-order valence-electron chi connectivity index (χ1n) is 22.4. The van der Waals surface area contributed by atoms with Gasteiger partial charge < -0.3 is 13.7 Å². The van der Waals surface area contributed by atoms with Gasteiger partial charge in [0.2, 0.25) is 0 Å². The standard InChI is InChI=1S/C60H40N4/c1-3-17-41(18-4-1)62-54-28-10-7-21-43(54)46-24-14-26-48(59(46)62)52-36-40(38-32-33-58-51(34-38)45-23-9-12-30-56(45)64(58)57-31-13-16-39-35-50(39)57)37-53(61-52)49-27-15-25-47-44-22-8-11-29-55(44)63(60(47)49)42-19-5-2-6-20-42/h1-34,36-37,39,50H,35H2. The van der Waals surface area contributed by atoms with Crippen LogP contribution in [0.25, 0.3) is 116 Å². The fraction of sp³-hybridized carbons (Fsp3) is 0.0500. The van der Waals surface area contributed by atoms with E-state index in [4.69, 9.17) is 4.98 Å². The second-order valence-electron chi connectivity index (χ2n) is 17.5. The molecule has 1 fully saturated rings. The predicted octanol–water partition coefficient (Wildman–Crippen LogP) is 15.4. The van der Waals surface area contributed by atoms with E-state index in [2.05, 4.69) is 232 Å². The number of nitrogens with zero attached hydrogens (tertiary/aromatic N) is 4. The van der Waals surface area contributed by atoms with E-state index in [1.807, 2.05) is 0 Å². The van der Waals surface area contributed by atoms with Crippen molar-refractivity contribution in [1.29, 1.82) is 0 Å². The number of pyridine rings is 1. The first-order chi connectivity index (χ1) is 31.8. The van der Waals surface area contributed by atoms with Gasteiger partial charge in [-0.2, -0.15) is 0 Å². The zero-order chi connectivity index (χ0) is 41.9. The minimum absolute atomic E-state index is 0.581. The van der Waals surface area contributed by atoms with Crippen LogP contribution in [0.5, 0.6) is 0 Å². The summed E-state index contributed by atoms with van der Waals surface area (Å²) in [4.78, 5) is 5.76. The Bertz CT molecular complexity index is 3760. The van der Waals surface area contributed by atoms with E-state index in [-0.39, 0.29) is 0 Å². The van der Waals surface area contributed by atoms with Crippen molar-refractivity contribution in [3.63, 3.8) is 0 Å². The van der Waals surface area contributed by atoms with Gasteiger partial charge in [0.25, 0.3) is 0 Å². The second kappa shape index (κ2) is 13.6. The van der Waals surface area contributed by atoms with Crippen LogP contribution in [0.15, 0.2) is 218 Å². The summed E-state index contributed by atoms with van der Waals surface area (Å²) in [7, 11) is 0. The molecule has 1 saturated carbocycles. The Balaban J connectivity index is 1.07. The van der Waals surface area contributed by atoms with Gasteiger partial charge in [-0.05, 0) is 96.3 Å². The molecule has 0 saturated heterocycles. The minimum atomic E-state index is 0.581. The van der Waals surface area contributed by atoms with Gasteiger partial charge in [0.05, 0.1) is 44.5 Å². The molecule has 12 aromatic rings. The van der Waals surface area contributed by atoms with Crippen LogP contribution < -0.4 is 0 Å². The summed E-state index contributed by atoms with van der Waals surface area (Å²) in [5, 5.41) is 7.39. The quantitative estimate of drug-likeness (QED) is 0.164. The first-order valence-corrected chi connectivity index (χ1v) is 22.4. The third-order valence-electron chi connectivity index (χ3n) is 13.9. The third kappa shape index (κ3) is 5.20. The highest BCUT2D eigenvalue weighted by Crippen LogP contribution is 2.51. The molecular formula is C60H40N4. The molecule has 4 heterocycles. The number of aromatic nitrogens is 4. The van der Waals surface area contributed by atoms with E-state index in [9.17, 15) is 0 Å². The number of hydrogen-bond donors (Lipinski definition) is 0. The van der Waals surface area contributed by atoms with Crippen molar-refractivity contribution < 1.29 is 0 Å². The molecular weight excluding hydrogens is 777 g/mol. The van der Waals surface area contributed by atoms with Crippen LogP contribution >= 0.6 is 0 Å². The molecule has 64 heavy (non-hydrogen) atoms. The Hall–Kier alpha value is -8.21. The Morgan fingerprint density at radius 1 is 0.391 bits per heavy atom.